The molecule has 0 spiro atoms. The van der Waals surface area contributed by atoms with Crippen LogP contribution in [0.4, 0.5) is 0 Å². The molecule has 1 saturated heterocycles. The first-order valence-corrected chi connectivity index (χ1v) is 8.00. The Bertz CT molecular complexity index is 993. The number of aliphatic hydroxyl groups excluding tert-OH is 1. The maximum Gasteiger partial charge on any atom is 0.348 e. The predicted octanol–water partition coefficient (Wildman–Crippen LogP) is 1.15. The molecule has 0 aliphatic carbocycles. The molecule has 0 saturated carbocycles. The normalized spacial score (nSPS) is 18.2. The van der Waals surface area contributed by atoms with Gasteiger partial charge in [-0.1, -0.05) is 22.0 Å². The first-order chi connectivity index (χ1) is 11.0. The lowest BCUT2D eigenvalue weighted by atomic mass is 10.1. The van der Waals surface area contributed by atoms with Gasteiger partial charge < -0.3 is 10.0 Å². The molecule has 2 aromatic heterocycles. The van der Waals surface area contributed by atoms with Gasteiger partial charge in [-0.3, -0.25) is 4.79 Å². The Morgan fingerprint density at radius 2 is 2.22 bits per heavy atom. The molecule has 1 aromatic carbocycles. The maximum absolute atomic E-state index is 12.8. The van der Waals surface area contributed by atoms with Crippen molar-refractivity contribution in [2.24, 2.45) is 0 Å². The summed E-state index contributed by atoms with van der Waals surface area (Å²) in [5, 5.41) is 16.7. The molecule has 8 heteroatoms. The molecule has 7 nitrogen and oxygen atoms in total. The van der Waals surface area contributed by atoms with Crippen molar-refractivity contribution in [3.63, 3.8) is 0 Å². The predicted molar refractivity (Wildman–Crippen MR) is 87.5 cm³/mol. The monoisotopic (exact) mass is 376 g/mol. The topological polar surface area (TPSA) is 90.7 Å². The molecule has 4 rings (SSSR count). The van der Waals surface area contributed by atoms with Crippen molar-refractivity contribution in [1.29, 1.82) is 0 Å². The smallest absolute Gasteiger partial charge is 0.348 e. The molecule has 118 valence electrons. The Kier molecular flexibility index (Phi) is 3.24. The van der Waals surface area contributed by atoms with E-state index in [2.05, 4.69) is 26.1 Å². The number of carbonyl (C=O) groups excluding carboxylic acids is 1. The fraction of sp³-hybridized carbons (Fsp3) is 0.267. The van der Waals surface area contributed by atoms with Crippen LogP contribution in [0.5, 0.6) is 0 Å². The van der Waals surface area contributed by atoms with Gasteiger partial charge >= 0.3 is 5.69 Å². The molecule has 1 aliphatic heterocycles. The molecule has 3 heterocycles. The summed E-state index contributed by atoms with van der Waals surface area (Å²) in [6.45, 7) is 0.853. The molecular weight excluding hydrogens is 364 g/mol. The highest BCUT2D eigenvalue weighted by Crippen LogP contribution is 2.26. The number of likely N-dealkylation sites (tertiary alicyclic amines) is 1. The van der Waals surface area contributed by atoms with Gasteiger partial charge in [-0.2, -0.15) is 5.10 Å². The lowest BCUT2D eigenvalue weighted by molar-refractivity contribution is 0.0767. The van der Waals surface area contributed by atoms with E-state index in [1.807, 2.05) is 6.07 Å². The Labute approximate surface area is 138 Å². The summed E-state index contributed by atoms with van der Waals surface area (Å²) in [5.74, 6) is -0.160. The minimum Gasteiger partial charge on any atom is -0.391 e. The van der Waals surface area contributed by atoms with Gasteiger partial charge in [-0.25, -0.2) is 14.3 Å². The zero-order valence-corrected chi connectivity index (χ0v) is 13.6. The second-order valence-electron chi connectivity index (χ2n) is 5.64. The number of aromatic nitrogens is 3. The van der Waals surface area contributed by atoms with Crippen LogP contribution >= 0.6 is 15.9 Å². The Balaban J connectivity index is 1.98. The van der Waals surface area contributed by atoms with E-state index < -0.39 is 6.10 Å². The number of pyridine rings is 1. The third-order valence-corrected chi connectivity index (χ3v) is 4.64. The Morgan fingerprint density at radius 3 is 2.96 bits per heavy atom. The van der Waals surface area contributed by atoms with Gasteiger partial charge in [0, 0.05) is 22.9 Å². The van der Waals surface area contributed by atoms with E-state index in [9.17, 15) is 14.7 Å². The SMILES string of the molecule is O=C(c1cc2n[nH]c(=O)n2c2cc(Br)ccc12)N1CC[C@@H](O)C1. The highest BCUT2D eigenvalue weighted by Gasteiger charge is 2.27. The molecule has 0 radical (unpaired) electrons. The summed E-state index contributed by atoms with van der Waals surface area (Å²) in [6.07, 6.45) is 0.107. The van der Waals surface area contributed by atoms with Crippen LogP contribution in [0.25, 0.3) is 16.6 Å². The zero-order valence-electron chi connectivity index (χ0n) is 12.0. The minimum atomic E-state index is -0.476. The summed E-state index contributed by atoms with van der Waals surface area (Å²) in [4.78, 5) is 26.4. The number of fused-ring (bicyclic) bond motifs is 3. The molecule has 23 heavy (non-hydrogen) atoms. The molecular formula is C15H13BrN4O3. The van der Waals surface area contributed by atoms with Crippen molar-refractivity contribution >= 4 is 38.4 Å². The largest absolute Gasteiger partial charge is 0.391 e. The number of hydrogen-bond acceptors (Lipinski definition) is 4. The second-order valence-corrected chi connectivity index (χ2v) is 6.55. The lowest BCUT2D eigenvalue weighted by Crippen LogP contribution is -2.30. The van der Waals surface area contributed by atoms with Crippen molar-refractivity contribution in [3.05, 3.63) is 44.8 Å². The highest BCUT2D eigenvalue weighted by atomic mass is 79.9. The molecule has 1 atom stereocenters. The van der Waals surface area contributed by atoms with E-state index in [0.717, 1.165) is 4.47 Å². The summed E-state index contributed by atoms with van der Waals surface area (Å²) in [5.41, 5.74) is 1.13. The van der Waals surface area contributed by atoms with Crippen molar-refractivity contribution < 1.29 is 9.90 Å². The number of nitrogens with zero attached hydrogens (tertiary/aromatic N) is 3. The van der Waals surface area contributed by atoms with Crippen LogP contribution in [0.1, 0.15) is 16.8 Å². The van der Waals surface area contributed by atoms with Crippen molar-refractivity contribution in [1.82, 2.24) is 19.5 Å². The first kappa shape index (κ1) is 14.4. The fourth-order valence-corrected chi connectivity index (χ4v) is 3.39. The van der Waals surface area contributed by atoms with E-state index >= 15 is 0 Å². The van der Waals surface area contributed by atoms with Gasteiger partial charge in [0.25, 0.3) is 5.91 Å². The number of benzene rings is 1. The second kappa shape index (κ2) is 5.17. The van der Waals surface area contributed by atoms with Gasteiger partial charge in [0.2, 0.25) is 0 Å². The Morgan fingerprint density at radius 1 is 1.39 bits per heavy atom. The number of aromatic amines is 1. The van der Waals surface area contributed by atoms with Crippen LogP contribution in [-0.4, -0.2) is 49.7 Å². The van der Waals surface area contributed by atoms with Crippen molar-refractivity contribution in [3.8, 4) is 0 Å². The van der Waals surface area contributed by atoms with E-state index in [0.29, 0.717) is 41.6 Å². The van der Waals surface area contributed by atoms with E-state index in [4.69, 9.17) is 0 Å². The van der Waals surface area contributed by atoms with Gasteiger partial charge in [0.1, 0.15) is 0 Å². The molecule has 0 bridgehead atoms. The zero-order chi connectivity index (χ0) is 16.1. The maximum atomic E-state index is 12.8. The third-order valence-electron chi connectivity index (χ3n) is 4.14. The first-order valence-electron chi connectivity index (χ1n) is 7.21. The fourth-order valence-electron chi connectivity index (χ4n) is 3.04. The standard InChI is InChI=1S/C15H13BrN4O3/c16-8-1-2-10-11(14(22)19-4-3-9(21)7-19)6-13-17-18-15(23)20(13)12(10)5-8/h1-2,5-6,9,21H,3-4,7H2,(H,18,23)/t9-/m1/s1. The Hall–Kier alpha value is -2.19. The van der Waals surface area contributed by atoms with Crippen molar-refractivity contribution in [2.75, 3.05) is 13.1 Å². The van der Waals surface area contributed by atoms with Gasteiger partial charge in [-0.15, -0.1) is 0 Å². The number of H-pyrrole nitrogens is 1. The molecule has 1 fully saturated rings. The number of halogens is 1. The van der Waals surface area contributed by atoms with E-state index in [1.165, 1.54) is 4.40 Å². The number of hydrogen-bond donors (Lipinski definition) is 2. The number of rotatable bonds is 1. The lowest BCUT2D eigenvalue weighted by Gasteiger charge is -2.17. The molecule has 3 aromatic rings. The van der Waals surface area contributed by atoms with Gasteiger partial charge in [-0.05, 0) is 24.6 Å². The number of β-amino-alcohol motifs (C(OH)–C–C–N with tert-alkyl or cyclic N) is 1. The number of amides is 1. The number of aliphatic hydroxyl groups is 1. The minimum absolute atomic E-state index is 0.160. The average molecular weight is 377 g/mol. The van der Waals surface area contributed by atoms with Gasteiger partial charge in [0.05, 0.1) is 17.2 Å². The van der Waals surface area contributed by atoms with Crippen LogP contribution in [-0.2, 0) is 0 Å². The summed E-state index contributed by atoms with van der Waals surface area (Å²) in [7, 11) is 0. The van der Waals surface area contributed by atoms with Gasteiger partial charge in [0.15, 0.2) is 5.65 Å². The van der Waals surface area contributed by atoms with Crippen LogP contribution < -0.4 is 5.69 Å². The summed E-state index contributed by atoms with van der Waals surface area (Å²) in [6, 6.07) is 7.03. The number of nitrogens with one attached hydrogen (secondary N) is 1. The molecule has 2 N–H and O–H groups in total. The number of carbonyl (C=O) groups is 1. The summed E-state index contributed by atoms with van der Waals surface area (Å²) >= 11 is 3.39. The molecule has 1 aliphatic rings. The van der Waals surface area contributed by atoms with Crippen LogP contribution in [0.2, 0.25) is 0 Å². The van der Waals surface area contributed by atoms with Crippen molar-refractivity contribution in [2.45, 2.75) is 12.5 Å². The van der Waals surface area contributed by atoms with Crippen LogP contribution in [0, 0.1) is 0 Å². The average Bonchev–Trinajstić information content (AvgIpc) is 3.12. The molecule has 1 amide bonds. The van der Waals surface area contributed by atoms with E-state index in [-0.39, 0.29) is 11.6 Å². The van der Waals surface area contributed by atoms with Crippen LogP contribution in [0.15, 0.2) is 33.5 Å². The molecule has 0 unspecified atom stereocenters. The third kappa shape index (κ3) is 2.25. The summed E-state index contributed by atoms with van der Waals surface area (Å²) < 4.78 is 2.25. The highest BCUT2D eigenvalue weighted by molar-refractivity contribution is 9.10. The quantitative estimate of drug-likeness (QED) is 0.666. The van der Waals surface area contributed by atoms with E-state index in [1.54, 1.807) is 23.1 Å². The van der Waals surface area contributed by atoms with Crippen LogP contribution in [0.3, 0.4) is 0 Å².